The summed E-state index contributed by atoms with van der Waals surface area (Å²) in [5.74, 6) is -2.33. The number of halogens is 3. The van der Waals surface area contributed by atoms with Gasteiger partial charge in [0, 0.05) is 0 Å². The number of nitrogens with zero attached hydrogens (tertiary/aromatic N) is 1. The molecule has 1 aromatic heterocycles. The van der Waals surface area contributed by atoms with E-state index in [-0.39, 0.29) is 0 Å². The number of ether oxygens (including phenoxy) is 1. The summed E-state index contributed by atoms with van der Waals surface area (Å²) >= 11 is 0. The molecule has 0 amide bonds. The van der Waals surface area contributed by atoms with Crippen LogP contribution in [0.4, 0.5) is 13.2 Å². The number of aromatic nitrogens is 1. The monoisotopic (exact) mass is 256 g/mol. The maximum atomic E-state index is 12.9. The predicted molar refractivity (Wildman–Crippen MR) is 47.1 cm³/mol. The van der Waals surface area contributed by atoms with E-state index in [1.807, 2.05) is 0 Å². The highest BCUT2D eigenvalue weighted by atomic mass is 32.2. The van der Waals surface area contributed by atoms with Gasteiger partial charge in [0.1, 0.15) is 10.5 Å². The lowest BCUT2D eigenvalue weighted by atomic mass is 10.2. The second kappa shape index (κ2) is 4.26. The third kappa shape index (κ3) is 2.25. The number of rotatable bonds is 3. The van der Waals surface area contributed by atoms with Gasteiger partial charge < -0.3 is 4.74 Å². The quantitative estimate of drug-likeness (QED) is 0.811. The molecule has 0 atom stereocenters. The molecule has 0 saturated heterocycles. The summed E-state index contributed by atoms with van der Waals surface area (Å²) in [6.07, 6.45) is -2.74. The predicted octanol–water partition coefficient (Wildman–Crippen LogP) is 0.814. The fourth-order valence-corrected chi connectivity index (χ4v) is 1.72. The first-order valence-corrected chi connectivity index (χ1v) is 5.37. The zero-order valence-corrected chi connectivity index (χ0v) is 8.76. The van der Waals surface area contributed by atoms with Crippen LogP contribution in [0.1, 0.15) is 12.0 Å². The normalized spacial score (nSPS) is 11.9. The number of hydrogen-bond donors (Lipinski definition) is 1. The minimum atomic E-state index is -4.31. The van der Waals surface area contributed by atoms with Crippen LogP contribution in [0.3, 0.4) is 0 Å². The van der Waals surface area contributed by atoms with Crippen molar-refractivity contribution in [1.82, 2.24) is 4.98 Å². The van der Waals surface area contributed by atoms with E-state index in [0.29, 0.717) is 6.20 Å². The Kier molecular flexibility index (Phi) is 3.38. The molecule has 0 saturated carbocycles. The lowest BCUT2D eigenvalue weighted by Crippen LogP contribution is -2.16. The van der Waals surface area contributed by atoms with Crippen LogP contribution in [0.5, 0.6) is 5.75 Å². The first kappa shape index (κ1) is 12.7. The second-order valence-electron chi connectivity index (χ2n) is 2.71. The van der Waals surface area contributed by atoms with Gasteiger partial charge in [-0.25, -0.2) is 27.3 Å². The van der Waals surface area contributed by atoms with E-state index in [1.165, 1.54) is 0 Å². The highest BCUT2D eigenvalue weighted by molar-refractivity contribution is 7.89. The van der Waals surface area contributed by atoms with Gasteiger partial charge in [0.2, 0.25) is 16.0 Å². The summed E-state index contributed by atoms with van der Waals surface area (Å²) in [5, 5.41) is 4.74. The van der Waals surface area contributed by atoms with Crippen molar-refractivity contribution in [3.05, 3.63) is 17.7 Å². The molecule has 0 aromatic carbocycles. The molecule has 1 heterocycles. The van der Waals surface area contributed by atoms with Crippen molar-refractivity contribution in [2.24, 2.45) is 5.14 Å². The summed E-state index contributed by atoms with van der Waals surface area (Å²) in [6.45, 7) is 0. The Morgan fingerprint density at radius 3 is 2.44 bits per heavy atom. The summed E-state index contributed by atoms with van der Waals surface area (Å²) in [4.78, 5) is 2.10. The van der Waals surface area contributed by atoms with Gasteiger partial charge in [-0.1, -0.05) is 0 Å². The minimum Gasteiger partial charge on any atom is -0.495 e. The third-order valence-electron chi connectivity index (χ3n) is 1.71. The van der Waals surface area contributed by atoms with E-state index in [1.54, 1.807) is 0 Å². The Morgan fingerprint density at radius 2 is 2.06 bits per heavy atom. The molecule has 0 bridgehead atoms. The van der Waals surface area contributed by atoms with Crippen LogP contribution in [0.15, 0.2) is 11.1 Å². The zero-order valence-electron chi connectivity index (χ0n) is 7.95. The number of pyridine rings is 1. The lowest BCUT2D eigenvalue weighted by Gasteiger charge is -2.11. The molecule has 9 heteroatoms. The fraction of sp³-hybridized carbons (Fsp3) is 0.286. The van der Waals surface area contributed by atoms with E-state index < -0.39 is 38.6 Å². The molecule has 0 spiro atoms. The minimum absolute atomic E-state index is 0.523. The van der Waals surface area contributed by atoms with Crippen LogP contribution in [0, 0.1) is 5.95 Å². The molecule has 16 heavy (non-hydrogen) atoms. The smallest absolute Gasteiger partial charge is 0.271 e. The van der Waals surface area contributed by atoms with E-state index in [2.05, 4.69) is 9.72 Å². The summed E-state index contributed by atoms with van der Waals surface area (Å²) in [7, 11) is -3.38. The number of methoxy groups -OCH3 is 1. The summed E-state index contributed by atoms with van der Waals surface area (Å²) in [6, 6.07) is 0. The Hall–Kier alpha value is -1.35. The van der Waals surface area contributed by atoms with Crippen molar-refractivity contribution in [3.8, 4) is 5.75 Å². The fourth-order valence-electron chi connectivity index (χ4n) is 1.07. The van der Waals surface area contributed by atoms with Crippen molar-refractivity contribution in [2.45, 2.75) is 11.3 Å². The largest absolute Gasteiger partial charge is 0.495 e. The van der Waals surface area contributed by atoms with Crippen LogP contribution >= 0.6 is 0 Å². The summed E-state index contributed by atoms with van der Waals surface area (Å²) < 4.78 is 64.2. The highest BCUT2D eigenvalue weighted by Crippen LogP contribution is 2.34. The van der Waals surface area contributed by atoms with Crippen molar-refractivity contribution in [3.63, 3.8) is 0 Å². The van der Waals surface area contributed by atoms with E-state index >= 15 is 0 Å². The SMILES string of the molecule is COc1c(S(N)(=O)=O)cnc(F)c1C(F)F. The molecule has 90 valence electrons. The molecule has 2 N–H and O–H groups in total. The molecule has 5 nitrogen and oxygen atoms in total. The van der Waals surface area contributed by atoms with Crippen molar-refractivity contribution in [1.29, 1.82) is 0 Å². The summed E-state index contributed by atoms with van der Waals surface area (Å²) in [5.41, 5.74) is -1.23. The van der Waals surface area contributed by atoms with Gasteiger partial charge in [-0.2, -0.15) is 4.39 Å². The number of hydrogen-bond acceptors (Lipinski definition) is 4. The second-order valence-corrected chi connectivity index (χ2v) is 4.24. The Bertz CT molecular complexity index is 504. The van der Waals surface area contributed by atoms with Crippen molar-refractivity contribution >= 4 is 10.0 Å². The average Bonchev–Trinajstić information content (AvgIpc) is 2.14. The Balaban J connectivity index is 3.62. The first-order valence-electron chi connectivity index (χ1n) is 3.82. The van der Waals surface area contributed by atoms with Gasteiger partial charge in [0.05, 0.1) is 13.3 Å². The molecule has 0 unspecified atom stereocenters. The first-order chi connectivity index (χ1) is 7.29. The molecular formula is C7H7F3N2O3S. The van der Waals surface area contributed by atoms with E-state index in [9.17, 15) is 21.6 Å². The topological polar surface area (TPSA) is 82.3 Å². The molecule has 0 aliphatic carbocycles. The Morgan fingerprint density at radius 1 is 1.50 bits per heavy atom. The average molecular weight is 256 g/mol. The number of primary sulfonamides is 1. The maximum absolute atomic E-state index is 12.9. The zero-order chi connectivity index (χ0) is 12.5. The molecule has 0 fully saturated rings. The van der Waals surface area contributed by atoms with Gasteiger partial charge in [0.25, 0.3) is 6.43 Å². The van der Waals surface area contributed by atoms with Gasteiger partial charge in [-0.15, -0.1) is 0 Å². The van der Waals surface area contributed by atoms with Crippen molar-refractivity contribution in [2.75, 3.05) is 7.11 Å². The van der Waals surface area contributed by atoms with Crippen LogP contribution in [0.2, 0.25) is 0 Å². The van der Waals surface area contributed by atoms with Crippen LogP contribution < -0.4 is 9.88 Å². The molecular weight excluding hydrogens is 249 g/mol. The molecule has 0 radical (unpaired) electrons. The van der Waals surface area contributed by atoms with Gasteiger partial charge in [-0.3, -0.25) is 0 Å². The molecule has 0 aliphatic heterocycles. The molecule has 0 aliphatic rings. The van der Waals surface area contributed by atoms with Gasteiger partial charge >= 0.3 is 0 Å². The van der Waals surface area contributed by atoms with Gasteiger partial charge in [0.15, 0.2) is 5.75 Å². The van der Waals surface area contributed by atoms with E-state index in [0.717, 1.165) is 7.11 Å². The lowest BCUT2D eigenvalue weighted by molar-refractivity contribution is 0.139. The Labute approximate surface area is 89.1 Å². The van der Waals surface area contributed by atoms with Crippen LogP contribution in [0.25, 0.3) is 0 Å². The van der Waals surface area contributed by atoms with E-state index in [4.69, 9.17) is 5.14 Å². The maximum Gasteiger partial charge on any atom is 0.271 e. The standard InChI is InChI=1S/C7H7F3N2O3S/c1-15-5-3(16(11,13)14)2-12-7(10)4(5)6(8)9/h2,6H,1H3,(H2,11,13,14). The molecule has 1 aromatic rings. The number of sulfonamides is 1. The third-order valence-corrected chi connectivity index (χ3v) is 2.62. The van der Waals surface area contributed by atoms with Crippen molar-refractivity contribution < 1.29 is 26.3 Å². The number of nitrogens with two attached hydrogens (primary N) is 1. The van der Waals surface area contributed by atoms with Gasteiger partial charge in [-0.05, 0) is 0 Å². The van der Waals surface area contributed by atoms with Crippen LogP contribution in [-0.2, 0) is 10.0 Å². The van der Waals surface area contributed by atoms with Crippen LogP contribution in [-0.4, -0.2) is 20.5 Å². The highest BCUT2D eigenvalue weighted by Gasteiger charge is 2.27. The molecule has 1 rings (SSSR count). The number of alkyl halides is 2.